The summed E-state index contributed by atoms with van der Waals surface area (Å²) in [6, 6.07) is 0. The molecule has 0 atom stereocenters. The molecule has 0 aliphatic carbocycles. The Kier molecular flexibility index (Phi) is 0.817. The quantitative estimate of drug-likeness (QED) is 0.422. The van der Waals surface area contributed by atoms with Crippen molar-refractivity contribution in [3.63, 3.8) is 0 Å². The highest BCUT2D eigenvalue weighted by Gasteiger charge is 2.12. The van der Waals surface area contributed by atoms with Gasteiger partial charge in [0.1, 0.15) is 0 Å². The molecule has 0 saturated carbocycles. The molecule has 0 aromatic heterocycles. The molecule has 1 heterocycles. The summed E-state index contributed by atoms with van der Waals surface area (Å²) in [4.78, 5) is 10.2. The summed E-state index contributed by atoms with van der Waals surface area (Å²) >= 11 is 0. The first-order valence-corrected chi connectivity index (χ1v) is 2.12. The summed E-state index contributed by atoms with van der Waals surface area (Å²) in [5, 5.41) is 9.40. The van der Waals surface area contributed by atoms with Crippen molar-refractivity contribution < 1.29 is 4.79 Å². The fourth-order valence-electron chi connectivity index (χ4n) is 0.524. The van der Waals surface area contributed by atoms with Gasteiger partial charge in [-0.2, -0.15) is 0 Å². The lowest BCUT2D eigenvalue weighted by Gasteiger charge is -1.79. The maximum atomic E-state index is 10.2. The number of nitrogens with one attached hydrogen (secondary N) is 2. The average molecular weight is 98.1 g/mol. The maximum absolute atomic E-state index is 10.2. The Morgan fingerprint density at radius 2 is 2.43 bits per heavy atom. The van der Waals surface area contributed by atoms with E-state index >= 15 is 0 Å². The molecule has 0 radical (unpaired) electrons. The molecule has 3 heteroatoms. The molecule has 1 aliphatic heterocycles. The molecule has 0 bridgehead atoms. The van der Waals surface area contributed by atoms with Crippen LogP contribution in [-0.2, 0) is 4.79 Å². The Morgan fingerprint density at radius 1 is 1.71 bits per heavy atom. The molecule has 1 amide bonds. The Balaban J connectivity index is 2.55. The van der Waals surface area contributed by atoms with Gasteiger partial charge in [0.05, 0.1) is 13.0 Å². The van der Waals surface area contributed by atoms with Crippen LogP contribution in [0.1, 0.15) is 6.42 Å². The molecule has 1 aliphatic rings. The molecule has 1 saturated heterocycles. The van der Waals surface area contributed by atoms with Crippen LogP contribution in [0.25, 0.3) is 0 Å². The van der Waals surface area contributed by atoms with Gasteiger partial charge >= 0.3 is 0 Å². The topological polar surface area (TPSA) is 53.0 Å². The number of rotatable bonds is 0. The fourth-order valence-corrected chi connectivity index (χ4v) is 0.524. The van der Waals surface area contributed by atoms with Gasteiger partial charge in [0, 0.05) is 5.71 Å². The fraction of sp³-hybridized carbons (Fsp3) is 0.500. The van der Waals surface area contributed by atoms with Gasteiger partial charge in [0.25, 0.3) is 0 Å². The largest absolute Gasteiger partial charge is 0.350 e. The molecule has 1 rings (SSSR count). The minimum absolute atomic E-state index is 0.0231. The van der Waals surface area contributed by atoms with Crippen molar-refractivity contribution in [2.75, 3.05) is 6.54 Å². The van der Waals surface area contributed by atoms with Crippen LogP contribution < -0.4 is 5.32 Å². The molecule has 1 fully saturated rings. The Morgan fingerprint density at radius 3 is 2.57 bits per heavy atom. The van der Waals surface area contributed by atoms with Crippen LogP contribution in [0.15, 0.2) is 0 Å². The second-order valence-corrected chi connectivity index (χ2v) is 1.56. The number of hydrogen-bond donors (Lipinski definition) is 2. The lowest BCUT2D eigenvalue weighted by molar-refractivity contribution is -0.118. The lowest BCUT2D eigenvalue weighted by atomic mass is 10.3. The highest BCUT2D eigenvalue weighted by atomic mass is 16.1. The zero-order chi connectivity index (χ0) is 5.28. The number of hydrogen-bond acceptors (Lipinski definition) is 2. The van der Waals surface area contributed by atoms with E-state index < -0.39 is 0 Å². The molecule has 0 spiro atoms. The summed E-state index contributed by atoms with van der Waals surface area (Å²) in [6.07, 6.45) is 0.306. The summed E-state index contributed by atoms with van der Waals surface area (Å²) in [7, 11) is 0. The summed E-state index contributed by atoms with van der Waals surface area (Å²) in [5.74, 6) is -0.0231. The first-order valence-electron chi connectivity index (χ1n) is 2.12. The highest BCUT2D eigenvalue weighted by Crippen LogP contribution is 1.89. The van der Waals surface area contributed by atoms with E-state index in [1.165, 1.54) is 0 Å². The van der Waals surface area contributed by atoms with Crippen LogP contribution >= 0.6 is 0 Å². The molecule has 0 aromatic rings. The minimum atomic E-state index is -0.0231. The summed E-state index contributed by atoms with van der Waals surface area (Å²) in [5.41, 5.74) is 0.491. The van der Waals surface area contributed by atoms with Gasteiger partial charge < -0.3 is 10.7 Å². The first kappa shape index (κ1) is 4.30. The van der Waals surface area contributed by atoms with E-state index in [1.807, 2.05) is 0 Å². The molecule has 3 nitrogen and oxygen atoms in total. The van der Waals surface area contributed by atoms with Crippen molar-refractivity contribution >= 4 is 11.6 Å². The number of amides is 1. The van der Waals surface area contributed by atoms with E-state index in [4.69, 9.17) is 5.41 Å². The van der Waals surface area contributed by atoms with Gasteiger partial charge in [-0.1, -0.05) is 0 Å². The van der Waals surface area contributed by atoms with Crippen LogP contribution in [0.5, 0.6) is 0 Å². The smallest absolute Gasteiger partial charge is 0.226 e. The minimum Gasteiger partial charge on any atom is -0.350 e. The molecular weight excluding hydrogens is 92.1 g/mol. The Hall–Kier alpha value is -0.860. The summed E-state index contributed by atoms with van der Waals surface area (Å²) in [6.45, 7) is 0.457. The van der Waals surface area contributed by atoms with Crippen LogP contribution in [0.2, 0.25) is 0 Å². The van der Waals surface area contributed by atoms with Crippen molar-refractivity contribution in [1.82, 2.24) is 5.32 Å². The Bertz CT molecular complexity index is 105. The van der Waals surface area contributed by atoms with Gasteiger partial charge in [-0.25, -0.2) is 0 Å². The molecule has 2 N–H and O–H groups in total. The van der Waals surface area contributed by atoms with Crippen molar-refractivity contribution in [3.05, 3.63) is 0 Å². The van der Waals surface area contributed by atoms with Crippen molar-refractivity contribution in [2.24, 2.45) is 0 Å². The van der Waals surface area contributed by atoms with Gasteiger partial charge in [-0.3, -0.25) is 4.79 Å². The van der Waals surface area contributed by atoms with E-state index in [-0.39, 0.29) is 5.91 Å². The van der Waals surface area contributed by atoms with Crippen LogP contribution in [0, 0.1) is 5.41 Å². The lowest BCUT2D eigenvalue weighted by Crippen LogP contribution is -2.13. The van der Waals surface area contributed by atoms with Crippen molar-refractivity contribution in [3.8, 4) is 0 Å². The third-order valence-electron chi connectivity index (χ3n) is 0.873. The third kappa shape index (κ3) is 0.765. The molecule has 7 heavy (non-hydrogen) atoms. The third-order valence-corrected chi connectivity index (χ3v) is 0.873. The van der Waals surface area contributed by atoms with E-state index in [2.05, 4.69) is 5.32 Å². The van der Waals surface area contributed by atoms with E-state index in [1.54, 1.807) is 0 Å². The predicted molar refractivity (Wildman–Crippen MR) is 25.4 cm³/mol. The molecule has 0 unspecified atom stereocenters. The van der Waals surface area contributed by atoms with Gasteiger partial charge in [0.2, 0.25) is 5.91 Å². The first-order chi connectivity index (χ1) is 3.29. The monoisotopic (exact) mass is 98.0 g/mol. The zero-order valence-electron chi connectivity index (χ0n) is 3.82. The maximum Gasteiger partial charge on any atom is 0.226 e. The van der Waals surface area contributed by atoms with E-state index in [0.29, 0.717) is 18.7 Å². The molecule has 0 aromatic carbocycles. The van der Waals surface area contributed by atoms with Crippen molar-refractivity contribution in [1.29, 1.82) is 5.41 Å². The van der Waals surface area contributed by atoms with Gasteiger partial charge in [0.15, 0.2) is 0 Å². The van der Waals surface area contributed by atoms with Crippen LogP contribution in [-0.4, -0.2) is 18.2 Å². The summed E-state index contributed by atoms with van der Waals surface area (Å²) < 4.78 is 0. The van der Waals surface area contributed by atoms with Gasteiger partial charge in [-0.05, 0) is 0 Å². The van der Waals surface area contributed by atoms with Crippen LogP contribution in [0.3, 0.4) is 0 Å². The Labute approximate surface area is 41.2 Å². The second kappa shape index (κ2) is 1.33. The van der Waals surface area contributed by atoms with Gasteiger partial charge in [-0.15, -0.1) is 0 Å². The predicted octanol–water partition coefficient (Wildman–Crippen LogP) is -0.474. The van der Waals surface area contributed by atoms with E-state index in [0.717, 1.165) is 0 Å². The number of carbonyl (C=O) groups excluding carboxylic acids is 1. The molecular formula is C4H6N2O. The zero-order valence-corrected chi connectivity index (χ0v) is 3.82. The van der Waals surface area contributed by atoms with Crippen LogP contribution in [0.4, 0.5) is 0 Å². The molecule has 38 valence electrons. The van der Waals surface area contributed by atoms with Crippen molar-refractivity contribution in [2.45, 2.75) is 6.42 Å². The average Bonchev–Trinajstić information content (AvgIpc) is 1.87. The SMILES string of the molecule is N=C1CNC(=O)C1. The van der Waals surface area contributed by atoms with E-state index in [9.17, 15) is 4.79 Å². The second-order valence-electron chi connectivity index (χ2n) is 1.56. The number of carbonyl (C=O) groups is 1. The normalized spacial score (nSPS) is 20.0. The standard InChI is InChI=1S/C4H6N2O/c5-3-1-4(7)6-2-3/h5H,1-2H2,(H,6,7). The highest BCUT2D eigenvalue weighted by molar-refractivity contribution is 6.06.